The lowest BCUT2D eigenvalue weighted by Gasteiger charge is -2.08. The van der Waals surface area contributed by atoms with Gasteiger partial charge in [0.25, 0.3) is 5.91 Å². The molecule has 3 aromatic rings. The van der Waals surface area contributed by atoms with Crippen molar-refractivity contribution in [2.24, 2.45) is 0 Å². The Labute approximate surface area is 199 Å². The molecule has 1 aromatic carbocycles. The normalized spacial score (nSPS) is 10.4. The number of amides is 2. The van der Waals surface area contributed by atoms with Gasteiger partial charge in [0.05, 0.1) is 31.4 Å². The second kappa shape index (κ2) is 11.5. The second-order valence-electron chi connectivity index (χ2n) is 6.68. The molecular weight excluding hydrogens is 464 g/mol. The third kappa shape index (κ3) is 6.11. The van der Waals surface area contributed by atoms with E-state index in [0.717, 1.165) is 10.4 Å². The van der Waals surface area contributed by atoms with Gasteiger partial charge >= 0.3 is 5.97 Å². The van der Waals surface area contributed by atoms with Crippen molar-refractivity contribution in [3.05, 3.63) is 51.5 Å². The lowest BCUT2D eigenvalue weighted by molar-refractivity contribution is -0.116. The molecule has 0 saturated carbocycles. The molecule has 0 spiro atoms. The molecule has 2 amide bonds. The Balaban J connectivity index is 1.74. The predicted octanol–water partition coefficient (Wildman–Crippen LogP) is 4.43. The Kier molecular flexibility index (Phi) is 8.45. The summed E-state index contributed by atoms with van der Waals surface area (Å²) in [5.41, 5.74) is 1.16. The minimum Gasteiger partial charge on any atom is -0.493 e. The molecule has 0 radical (unpaired) electrons. The maximum absolute atomic E-state index is 12.5. The highest BCUT2D eigenvalue weighted by molar-refractivity contribution is 7.18. The van der Waals surface area contributed by atoms with Gasteiger partial charge in [-0.3, -0.25) is 9.59 Å². The molecule has 2 heterocycles. The van der Waals surface area contributed by atoms with Gasteiger partial charge < -0.3 is 24.8 Å². The Hall–Kier alpha value is -3.37. The average molecular weight is 489 g/mol. The summed E-state index contributed by atoms with van der Waals surface area (Å²) in [6.45, 7) is 2.10. The molecule has 0 aliphatic rings. The van der Waals surface area contributed by atoms with E-state index in [1.54, 1.807) is 51.5 Å². The van der Waals surface area contributed by atoms with Crippen molar-refractivity contribution in [3.8, 4) is 21.9 Å². The number of ether oxygens (including phenoxy) is 3. The molecule has 0 unspecified atom stereocenters. The first kappa shape index (κ1) is 24.3. The highest BCUT2D eigenvalue weighted by Crippen LogP contribution is 2.39. The van der Waals surface area contributed by atoms with Crippen molar-refractivity contribution in [1.82, 2.24) is 5.32 Å². The van der Waals surface area contributed by atoms with Crippen LogP contribution in [0.1, 0.15) is 32.7 Å². The van der Waals surface area contributed by atoms with E-state index in [9.17, 15) is 14.4 Å². The van der Waals surface area contributed by atoms with Crippen LogP contribution in [0.3, 0.4) is 0 Å². The molecule has 33 heavy (non-hydrogen) atoms. The van der Waals surface area contributed by atoms with E-state index in [0.29, 0.717) is 22.1 Å². The van der Waals surface area contributed by atoms with Crippen LogP contribution in [-0.4, -0.2) is 45.2 Å². The lowest BCUT2D eigenvalue weighted by atomic mass is 10.1. The van der Waals surface area contributed by atoms with E-state index in [4.69, 9.17) is 14.2 Å². The maximum atomic E-state index is 12.5. The van der Waals surface area contributed by atoms with E-state index < -0.39 is 5.97 Å². The number of thiophene rings is 2. The summed E-state index contributed by atoms with van der Waals surface area (Å²) >= 11 is 2.54. The van der Waals surface area contributed by atoms with Gasteiger partial charge in [0.15, 0.2) is 11.5 Å². The first-order chi connectivity index (χ1) is 16.0. The highest BCUT2D eigenvalue weighted by Gasteiger charge is 2.21. The smallest absolute Gasteiger partial charge is 0.350 e. The zero-order valence-electron chi connectivity index (χ0n) is 18.4. The van der Waals surface area contributed by atoms with Gasteiger partial charge in [-0.1, -0.05) is 6.07 Å². The summed E-state index contributed by atoms with van der Waals surface area (Å²) in [6.07, 6.45) is 0.0565. The monoisotopic (exact) mass is 488 g/mol. The van der Waals surface area contributed by atoms with Crippen LogP contribution in [0.2, 0.25) is 0 Å². The Bertz CT molecular complexity index is 1120. The minimum atomic E-state index is -0.518. The molecule has 2 aromatic heterocycles. The van der Waals surface area contributed by atoms with Crippen molar-refractivity contribution in [2.75, 3.05) is 32.7 Å². The van der Waals surface area contributed by atoms with Crippen molar-refractivity contribution < 1.29 is 28.6 Å². The Morgan fingerprint density at radius 3 is 2.48 bits per heavy atom. The van der Waals surface area contributed by atoms with E-state index >= 15 is 0 Å². The lowest BCUT2D eigenvalue weighted by Crippen LogP contribution is -2.27. The third-order valence-corrected chi connectivity index (χ3v) is 6.55. The largest absolute Gasteiger partial charge is 0.493 e. The fourth-order valence-electron chi connectivity index (χ4n) is 2.96. The highest BCUT2D eigenvalue weighted by atomic mass is 32.1. The number of hydrogen-bond donors (Lipinski definition) is 2. The van der Waals surface area contributed by atoms with E-state index in [2.05, 4.69) is 10.6 Å². The number of esters is 1. The van der Waals surface area contributed by atoms with Gasteiger partial charge in [-0.05, 0) is 48.2 Å². The van der Waals surface area contributed by atoms with Crippen LogP contribution in [0.5, 0.6) is 11.5 Å². The van der Waals surface area contributed by atoms with E-state index in [1.165, 1.54) is 22.7 Å². The first-order valence-corrected chi connectivity index (χ1v) is 11.8. The van der Waals surface area contributed by atoms with Crippen molar-refractivity contribution in [3.63, 3.8) is 0 Å². The van der Waals surface area contributed by atoms with Crippen LogP contribution in [-0.2, 0) is 9.53 Å². The molecule has 8 nitrogen and oxygen atoms in total. The quantitative estimate of drug-likeness (QED) is 0.409. The summed E-state index contributed by atoms with van der Waals surface area (Å²) < 4.78 is 15.8. The number of methoxy groups -OCH3 is 2. The third-order valence-electron chi connectivity index (χ3n) is 4.52. The summed E-state index contributed by atoms with van der Waals surface area (Å²) in [7, 11) is 3.10. The number of hydrogen-bond acceptors (Lipinski definition) is 8. The van der Waals surface area contributed by atoms with Crippen LogP contribution >= 0.6 is 22.7 Å². The van der Waals surface area contributed by atoms with E-state index in [-0.39, 0.29) is 36.3 Å². The van der Waals surface area contributed by atoms with Crippen LogP contribution < -0.4 is 20.1 Å². The topological polar surface area (TPSA) is 103 Å². The van der Waals surface area contributed by atoms with Crippen molar-refractivity contribution in [1.29, 1.82) is 0 Å². The van der Waals surface area contributed by atoms with Gasteiger partial charge in [0.2, 0.25) is 5.91 Å². The molecule has 2 N–H and O–H groups in total. The summed E-state index contributed by atoms with van der Waals surface area (Å²) in [6, 6.07) is 10.6. The van der Waals surface area contributed by atoms with Crippen molar-refractivity contribution >= 4 is 46.1 Å². The van der Waals surface area contributed by atoms with Crippen LogP contribution in [0.25, 0.3) is 10.4 Å². The molecule has 0 aliphatic carbocycles. The number of benzene rings is 1. The molecule has 0 fully saturated rings. The van der Waals surface area contributed by atoms with Gasteiger partial charge in [-0.2, -0.15) is 0 Å². The SMILES string of the molecule is CCOC(=O)c1sc(-c2ccc(OC)c(OC)c2)cc1NC(=O)CCNC(=O)c1cccs1. The van der Waals surface area contributed by atoms with Crippen LogP contribution in [0, 0.1) is 0 Å². The van der Waals surface area contributed by atoms with Crippen molar-refractivity contribution in [2.45, 2.75) is 13.3 Å². The summed E-state index contributed by atoms with van der Waals surface area (Å²) in [4.78, 5) is 38.6. The zero-order valence-corrected chi connectivity index (χ0v) is 20.1. The number of anilines is 1. The van der Waals surface area contributed by atoms with E-state index in [1.807, 2.05) is 11.4 Å². The molecule has 3 rings (SSSR count). The number of nitrogens with one attached hydrogen (secondary N) is 2. The first-order valence-electron chi connectivity index (χ1n) is 10.1. The second-order valence-corrected chi connectivity index (χ2v) is 8.67. The molecule has 0 aliphatic heterocycles. The standard InChI is InChI=1S/C23H24N2O6S2/c1-4-31-23(28)21-15(25-20(26)9-10-24-22(27)18-6-5-11-32-18)13-19(33-21)14-7-8-16(29-2)17(12-14)30-3/h5-8,11-13H,4,9-10H2,1-3H3,(H,24,27)(H,25,26). The van der Waals surface area contributed by atoms with Crippen LogP contribution in [0.15, 0.2) is 41.8 Å². The molecule has 0 saturated heterocycles. The molecule has 0 atom stereocenters. The molecular formula is C23H24N2O6S2. The fraction of sp³-hybridized carbons (Fsp3) is 0.261. The average Bonchev–Trinajstić information content (AvgIpc) is 3.49. The molecule has 174 valence electrons. The summed E-state index contributed by atoms with van der Waals surface area (Å²) in [5.74, 6) is 0.0604. The number of carbonyl (C=O) groups is 3. The number of carbonyl (C=O) groups excluding carboxylic acids is 3. The summed E-state index contributed by atoms with van der Waals surface area (Å²) in [5, 5.41) is 7.29. The van der Waals surface area contributed by atoms with Crippen LogP contribution in [0.4, 0.5) is 5.69 Å². The Morgan fingerprint density at radius 1 is 1.03 bits per heavy atom. The fourth-order valence-corrected chi connectivity index (χ4v) is 4.60. The minimum absolute atomic E-state index is 0.0565. The maximum Gasteiger partial charge on any atom is 0.350 e. The van der Waals surface area contributed by atoms with Gasteiger partial charge in [-0.15, -0.1) is 22.7 Å². The predicted molar refractivity (Wildman–Crippen MR) is 129 cm³/mol. The van der Waals surface area contributed by atoms with Gasteiger partial charge in [0, 0.05) is 17.8 Å². The number of rotatable bonds is 10. The van der Waals surface area contributed by atoms with Gasteiger partial charge in [0.1, 0.15) is 4.88 Å². The van der Waals surface area contributed by atoms with Gasteiger partial charge in [-0.25, -0.2) is 4.79 Å². The zero-order chi connectivity index (χ0) is 23.8. The molecule has 10 heteroatoms. The molecule has 0 bridgehead atoms. The Morgan fingerprint density at radius 2 is 1.82 bits per heavy atom.